The molecule has 0 aliphatic heterocycles. The van der Waals surface area contributed by atoms with E-state index in [9.17, 15) is 0 Å². The molecule has 2 aromatic heterocycles. The smallest absolute Gasteiger partial charge is 0.118 e. The third-order valence-electron chi connectivity index (χ3n) is 3.86. The van der Waals surface area contributed by atoms with Crippen LogP contribution in [0.2, 0.25) is 0 Å². The third-order valence-corrected chi connectivity index (χ3v) is 3.86. The largest absolute Gasteiger partial charge is 0.497 e. The van der Waals surface area contributed by atoms with E-state index in [0.717, 1.165) is 33.6 Å². The number of pyridine rings is 1. The Balaban J connectivity index is 0.00000169. The van der Waals surface area contributed by atoms with Crippen LogP contribution in [0.5, 0.6) is 5.75 Å². The van der Waals surface area contributed by atoms with Crippen molar-refractivity contribution >= 4 is 10.9 Å². The molecule has 0 fully saturated rings. The van der Waals surface area contributed by atoms with Gasteiger partial charge in [0, 0.05) is 29.0 Å². The lowest BCUT2D eigenvalue weighted by atomic mass is 10.1. The predicted octanol–water partition coefficient (Wildman–Crippen LogP) is 4.73. The highest BCUT2D eigenvalue weighted by Crippen LogP contribution is 2.24. The molecule has 0 aliphatic rings. The molecule has 0 atom stereocenters. The van der Waals surface area contributed by atoms with Gasteiger partial charge in [0.1, 0.15) is 5.75 Å². The Bertz CT molecular complexity index is 944. The first kappa shape index (κ1) is 15.7. The van der Waals surface area contributed by atoms with Crippen molar-refractivity contribution in [2.45, 2.75) is 7.43 Å². The first-order chi connectivity index (χ1) is 11.3. The molecule has 4 nitrogen and oxygen atoms in total. The van der Waals surface area contributed by atoms with Crippen LogP contribution in [-0.2, 0) is 0 Å². The Morgan fingerprint density at radius 3 is 2.50 bits per heavy atom. The Hall–Kier alpha value is -3.14. The van der Waals surface area contributed by atoms with Gasteiger partial charge in [0.15, 0.2) is 0 Å². The van der Waals surface area contributed by atoms with Gasteiger partial charge in [-0.1, -0.05) is 13.5 Å². The first-order valence-corrected chi connectivity index (χ1v) is 7.37. The number of imidazole rings is 1. The maximum atomic E-state index is 5.20. The molecule has 0 aliphatic carbocycles. The highest BCUT2D eigenvalue weighted by Gasteiger charge is 2.04. The lowest BCUT2D eigenvalue weighted by molar-refractivity contribution is 0.415. The molecule has 0 N–H and O–H groups in total. The summed E-state index contributed by atoms with van der Waals surface area (Å²) in [5.74, 6) is 0.847. The zero-order valence-electron chi connectivity index (χ0n) is 12.7. The Morgan fingerprint density at radius 2 is 1.79 bits per heavy atom. The second-order valence-corrected chi connectivity index (χ2v) is 5.27. The van der Waals surface area contributed by atoms with Gasteiger partial charge >= 0.3 is 0 Å². The molecule has 0 amide bonds. The predicted molar refractivity (Wildman–Crippen MR) is 97.6 cm³/mol. The minimum absolute atomic E-state index is 0. The number of hydrogen-bond acceptors (Lipinski definition) is 3. The summed E-state index contributed by atoms with van der Waals surface area (Å²) in [6, 6.07) is 18.3. The van der Waals surface area contributed by atoms with Gasteiger partial charge in [0.2, 0.25) is 0 Å². The van der Waals surface area contributed by atoms with E-state index in [0.29, 0.717) is 0 Å². The summed E-state index contributed by atoms with van der Waals surface area (Å²) in [5.41, 5.74) is 4.08. The van der Waals surface area contributed by atoms with Gasteiger partial charge in [-0.15, -0.1) is 0 Å². The number of methoxy groups -OCH3 is 1. The molecule has 0 unspecified atom stereocenters. The highest BCUT2D eigenvalue weighted by atomic mass is 16.5. The number of hydrogen-bond donors (Lipinski definition) is 0. The van der Waals surface area contributed by atoms with E-state index in [1.54, 1.807) is 19.6 Å². The first-order valence-electron chi connectivity index (χ1n) is 7.37. The van der Waals surface area contributed by atoms with Crippen LogP contribution in [0.1, 0.15) is 7.43 Å². The lowest BCUT2D eigenvalue weighted by Crippen LogP contribution is -1.91. The molecular weight excluding hydrogens is 298 g/mol. The van der Waals surface area contributed by atoms with Crippen LogP contribution in [0, 0.1) is 0 Å². The second kappa shape index (κ2) is 6.54. The molecule has 0 radical (unpaired) electrons. The normalized spacial score (nSPS) is 10.4. The fraction of sp³-hybridized carbons (Fsp3) is 0.100. The van der Waals surface area contributed by atoms with Crippen LogP contribution in [0.3, 0.4) is 0 Å². The van der Waals surface area contributed by atoms with Crippen LogP contribution < -0.4 is 4.74 Å². The summed E-state index contributed by atoms with van der Waals surface area (Å²) >= 11 is 0. The van der Waals surface area contributed by atoms with Crippen molar-refractivity contribution < 1.29 is 4.74 Å². The van der Waals surface area contributed by atoms with E-state index in [1.165, 1.54) is 0 Å². The van der Waals surface area contributed by atoms with Crippen molar-refractivity contribution in [3.05, 3.63) is 73.3 Å². The average Bonchev–Trinajstić information content (AvgIpc) is 3.15. The van der Waals surface area contributed by atoms with Crippen LogP contribution in [0.25, 0.3) is 27.8 Å². The minimum Gasteiger partial charge on any atom is -0.497 e. The number of benzene rings is 2. The summed E-state index contributed by atoms with van der Waals surface area (Å²) in [4.78, 5) is 8.84. The number of nitrogens with zero attached hydrogens (tertiary/aromatic N) is 3. The monoisotopic (exact) mass is 317 g/mol. The lowest BCUT2D eigenvalue weighted by Gasteiger charge is -2.07. The second-order valence-electron chi connectivity index (χ2n) is 5.27. The van der Waals surface area contributed by atoms with Crippen molar-refractivity contribution in [3.63, 3.8) is 0 Å². The van der Waals surface area contributed by atoms with Crippen molar-refractivity contribution in [2.75, 3.05) is 7.11 Å². The van der Waals surface area contributed by atoms with Gasteiger partial charge in [0.05, 0.1) is 24.6 Å². The number of fused-ring (bicyclic) bond motifs is 1. The van der Waals surface area contributed by atoms with Crippen molar-refractivity contribution in [2.24, 2.45) is 0 Å². The van der Waals surface area contributed by atoms with Crippen molar-refractivity contribution in [1.29, 1.82) is 0 Å². The van der Waals surface area contributed by atoms with Gasteiger partial charge in [-0.05, 0) is 48.5 Å². The maximum absolute atomic E-state index is 5.20. The van der Waals surface area contributed by atoms with Crippen LogP contribution in [0.15, 0.2) is 73.3 Å². The Labute approximate surface area is 141 Å². The molecule has 2 heterocycles. The van der Waals surface area contributed by atoms with Gasteiger partial charge in [-0.3, -0.25) is 0 Å². The fourth-order valence-electron chi connectivity index (χ4n) is 2.61. The summed E-state index contributed by atoms with van der Waals surface area (Å²) in [7, 11) is 1.67. The summed E-state index contributed by atoms with van der Waals surface area (Å²) in [6.45, 7) is 0. The quantitative estimate of drug-likeness (QED) is 0.548. The van der Waals surface area contributed by atoms with Crippen molar-refractivity contribution in [1.82, 2.24) is 14.5 Å². The average molecular weight is 317 g/mol. The topological polar surface area (TPSA) is 39.9 Å². The third kappa shape index (κ3) is 2.86. The standard InChI is InChI=1S/C19H15N3O.CH4/c1-23-17-6-2-14(3-7-17)18-8-4-15-12-16(5-9-19(15)21-18)22-11-10-20-13-22;/h2-13H,1H3;1H4. The molecule has 0 saturated carbocycles. The Kier molecular flexibility index (Phi) is 4.29. The van der Waals surface area contributed by atoms with Crippen LogP contribution in [-0.4, -0.2) is 21.6 Å². The van der Waals surface area contributed by atoms with Crippen LogP contribution >= 0.6 is 0 Å². The molecule has 0 spiro atoms. The van der Waals surface area contributed by atoms with E-state index < -0.39 is 0 Å². The molecule has 4 aromatic rings. The van der Waals surface area contributed by atoms with E-state index in [2.05, 4.69) is 23.2 Å². The molecule has 4 heteroatoms. The molecule has 0 bridgehead atoms. The summed E-state index contributed by atoms with van der Waals surface area (Å²) in [5, 5.41) is 1.11. The van der Waals surface area contributed by atoms with E-state index in [-0.39, 0.29) is 7.43 Å². The maximum Gasteiger partial charge on any atom is 0.118 e. The van der Waals surface area contributed by atoms with Gasteiger partial charge in [-0.25, -0.2) is 9.97 Å². The number of ether oxygens (including phenoxy) is 1. The van der Waals surface area contributed by atoms with Gasteiger partial charge in [0.25, 0.3) is 0 Å². The molecule has 120 valence electrons. The van der Waals surface area contributed by atoms with Gasteiger partial charge < -0.3 is 9.30 Å². The SMILES string of the molecule is C.COc1ccc(-c2ccc3cc(-n4ccnc4)ccc3n2)cc1. The van der Waals surface area contributed by atoms with Crippen LogP contribution in [0.4, 0.5) is 0 Å². The molecule has 4 rings (SSSR count). The molecule has 2 aromatic carbocycles. The van der Waals surface area contributed by atoms with E-state index in [4.69, 9.17) is 9.72 Å². The molecule has 24 heavy (non-hydrogen) atoms. The van der Waals surface area contributed by atoms with E-state index in [1.807, 2.05) is 47.2 Å². The zero-order valence-corrected chi connectivity index (χ0v) is 12.7. The number of aromatic nitrogens is 3. The summed E-state index contributed by atoms with van der Waals surface area (Å²) < 4.78 is 7.18. The minimum atomic E-state index is 0. The number of rotatable bonds is 3. The fourth-order valence-corrected chi connectivity index (χ4v) is 2.61. The van der Waals surface area contributed by atoms with Gasteiger partial charge in [-0.2, -0.15) is 0 Å². The zero-order chi connectivity index (χ0) is 15.6. The highest BCUT2D eigenvalue weighted by molar-refractivity contribution is 5.83. The summed E-state index contributed by atoms with van der Waals surface area (Å²) in [6.07, 6.45) is 5.50. The Morgan fingerprint density at radius 1 is 0.958 bits per heavy atom. The van der Waals surface area contributed by atoms with Crippen molar-refractivity contribution in [3.8, 4) is 22.7 Å². The molecule has 0 saturated heterocycles. The molecular formula is C20H19N3O. The van der Waals surface area contributed by atoms with E-state index >= 15 is 0 Å².